The highest BCUT2D eigenvalue weighted by Gasteiger charge is 2.16. The molecular weight excluding hydrogens is 464 g/mol. The molecule has 0 atom stereocenters. The Morgan fingerprint density at radius 2 is 1.70 bits per heavy atom. The molecule has 0 aliphatic heterocycles. The van der Waals surface area contributed by atoms with Gasteiger partial charge in [0.05, 0.1) is 17.8 Å². The van der Waals surface area contributed by atoms with Gasteiger partial charge in [-0.1, -0.05) is 90.9 Å². The van der Waals surface area contributed by atoms with Gasteiger partial charge in [-0.3, -0.25) is 14.2 Å². The summed E-state index contributed by atoms with van der Waals surface area (Å²) in [6.07, 6.45) is 2.19. The van der Waals surface area contributed by atoms with Gasteiger partial charge in [0.25, 0.3) is 5.56 Å². The first-order valence-corrected chi connectivity index (χ1v) is 12.2. The molecule has 1 amide bonds. The maximum Gasteiger partial charge on any atom is 0.261 e. The molecule has 1 N–H and O–H groups in total. The summed E-state index contributed by atoms with van der Waals surface area (Å²) in [4.78, 5) is 34.5. The molecule has 0 spiro atoms. The fourth-order valence-corrected chi connectivity index (χ4v) is 4.45. The lowest BCUT2D eigenvalue weighted by molar-refractivity contribution is -0.108. The second-order valence-electron chi connectivity index (χ2n) is 8.62. The van der Waals surface area contributed by atoms with Crippen molar-refractivity contribution in [2.45, 2.75) is 33.2 Å². The van der Waals surface area contributed by atoms with E-state index >= 15 is 0 Å². The summed E-state index contributed by atoms with van der Waals surface area (Å²) in [5.74, 6) is 1.12. The van der Waals surface area contributed by atoms with Gasteiger partial charge in [-0.15, -0.1) is 0 Å². The number of hydrogen-bond acceptors (Lipinski definition) is 5. The molecule has 7 heteroatoms. The number of oxime groups is 1. The lowest BCUT2D eigenvalue weighted by Crippen LogP contribution is -2.28. The number of benzene rings is 3. The van der Waals surface area contributed by atoms with E-state index in [-0.39, 0.29) is 5.56 Å². The molecule has 188 valence electrons. The maximum absolute atomic E-state index is 13.7. The summed E-state index contributed by atoms with van der Waals surface area (Å²) in [6.45, 7) is 4.41. The number of carbonyl (C=O) groups is 1. The van der Waals surface area contributed by atoms with E-state index in [1.807, 2.05) is 85.8 Å². The average Bonchev–Trinajstić information content (AvgIpc) is 2.92. The maximum atomic E-state index is 13.7. The molecule has 1 aromatic heterocycles. The molecule has 0 bridgehead atoms. The molecule has 0 fully saturated rings. The van der Waals surface area contributed by atoms with Crippen LogP contribution in [0.5, 0.6) is 0 Å². The highest BCUT2D eigenvalue weighted by molar-refractivity contribution is 6.08. The van der Waals surface area contributed by atoms with Crippen LogP contribution in [0.1, 0.15) is 36.0 Å². The van der Waals surface area contributed by atoms with Crippen molar-refractivity contribution in [2.75, 3.05) is 7.11 Å². The van der Waals surface area contributed by atoms with E-state index in [4.69, 9.17) is 9.82 Å². The number of rotatable bonds is 9. The van der Waals surface area contributed by atoms with E-state index in [2.05, 4.69) is 17.4 Å². The van der Waals surface area contributed by atoms with Crippen molar-refractivity contribution in [3.8, 4) is 22.3 Å². The number of carbonyl (C=O) groups excluding carboxylic acids is 1. The predicted molar refractivity (Wildman–Crippen MR) is 146 cm³/mol. The van der Waals surface area contributed by atoms with E-state index < -0.39 is 0 Å². The zero-order chi connectivity index (χ0) is 26.2. The Kier molecular flexibility index (Phi) is 8.26. The van der Waals surface area contributed by atoms with E-state index in [0.717, 1.165) is 52.2 Å². The van der Waals surface area contributed by atoms with Crippen molar-refractivity contribution in [3.05, 3.63) is 112 Å². The predicted octanol–water partition coefficient (Wildman–Crippen LogP) is 4.94. The summed E-state index contributed by atoms with van der Waals surface area (Å²) < 4.78 is 1.79. The van der Waals surface area contributed by atoms with E-state index in [9.17, 15) is 9.59 Å². The standard InChI is InChI=1S/C30H30N4O3/c1-4-10-27-32-21(2)28(24-11-6-5-7-12-24)30(36)34(27)19-22-15-17-23(18-16-22)25-13-8-9-14-26(25)29(31-20-35)33-37-3/h5-9,11-18,20H,4,10,19H2,1-3H3,(H,31,33,35). The first-order chi connectivity index (χ1) is 18.1. The number of nitrogens with one attached hydrogen (secondary N) is 1. The van der Waals surface area contributed by atoms with Crippen LogP contribution in [-0.4, -0.2) is 28.9 Å². The largest absolute Gasteiger partial charge is 0.397 e. The van der Waals surface area contributed by atoms with Crippen molar-refractivity contribution in [1.82, 2.24) is 14.9 Å². The quantitative estimate of drug-likeness (QED) is 0.155. The van der Waals surface area contributed by atoms with Crippen molar-refractivity contribution in [2.24, 2.45) is 5.16 Å². The summed E-state index contributed by atoms with van der Waals surface area (Å²) in [6, 6.07) is 25.4. The van der Waals surface area contributed by atoms with Gasteiger partial charge in [-0.2, -0.15) is 0 Å². The minimum absolute atomic E-state index is 0.0306. The number of amidine groups is 1. The van der Waals surface area contributed by atoms with Crippen LogP contribution in [0.4, 0.5) is 0 Å². The first kappa shape index (κ1) is 25.6. The van der Waals surface area contributed by atoms with Gasteiger partial charge < -0.3 is 10.2 Å². The van der Waals surface area contributed by atoms with Crippen LogP contribution in [0.3, 0.4) is 0 Å². The summed E-state index contributed by atoms with van der Waals surface area (Å²) >= 11 is 0. The van der Waals surface area contributed by atoms with Gasteiger partial charge in [0, 0.05) is 12.0 Å². The molecule has 0 saturated heterocycles. The Bertz CT molecular complexity index is 1460. The van der Waals surface area contributed by atoms with Gasteiger partial charge >= 0.3 is 0 Å². The molecule has 7 nitrogen and oxygen atoms in total. The second kappa shape index (κ2) is 11.9. The molecule has 0 unspecified atom stereocenters. The fraction of sp³-hybridized carbons (Fsp3) is 0.200. The molecule has 1 heterocycles. The normalized spacial score (nSPS) is 11.3. The minimum Gasteiger partial charge on any atom is -0.397 e. The van der Waals surface area contributed by atoms with Gasteiger partial charge in [0.2, 0.25) is 6.41 Å². The zero-order valence-corrected chi connectivity index (χ0v) is 21.3. The van der Waals surface area contributed by atoms with Gasteiger partial charge in [0.1, 0.15) is 12.9 Å². The number of aryl methyl sites for hydroxylation is 2. The van der Waals surface area contributed by atoms with Gasteiger partial charge in [-0.05, 0) is 35.6 Å². The van der Waals surface area contributed by atoms with E-state index in [0.29, 0.717) is 24.4 Å². The highest BCUT2D eigenvalue weighted by atomic mass is 16.6. The molecule has 3 aromatic carbocycles. The summed E-state index contributed by atoms with van der Waals surface area (Å²) in [5, 5.41) is 6.55. The molecule has 37 heavy (non-hydrogen) atoms. The zero-order valence-electron chi connectivity index (χ0n) is 21.3. The van der Waals surface area contributed by atoms with E-state index in [1.165, 1.54) is 7.11 Å². The van der Waals surface area contributed by atoms with Crippen molar-refractivity contribution >= 4 is 12.2 Å². The Morgan fingerprint density at radius 3 is 2.38 bits per heavy atom. The average molecular weight is 495 g/mol. The minimum atomic E-state index is -0.0306. The van der Waals surface area contributed by atoms with Gasteiger partial charge in [0.15, 0.2) is 5.84 Å². The SMILES string of the molecule is CCCc1nc(C)c(-c2ccccc2)c(=O)n1Cc1ccc(-c2ccccc2/C(=N/OC)NC=O)cc1. The van der Waals surface area contributed by atoms with Crippen molar-refractivity contribution < 1.29 is 9.63 Å². The third kappa shape index (κ3) is 5.67. The summed E-state index contributed by atoms with van der Waals surface area (Å²) in [5.41, 5.74) is 5.80. The third-order valence-corrected chi connectivity index (χ3v) is 6.13. The van der Waals surface area contributed by atoms with Crippen LogP contribution >= 0.6 is 0 Å². The van der Waals surface area contributed by atoms with Gasteiger partial charge in [-0.25, -0.2) is 4.98 Å². The smallest absolute Gasteiger partial charge is 0.261 e. The molecule has 4 aromatic rings. The molecular formula is C30H30N4O3. The Morgan fingerprint density at radius 1 is 1.00 bits per heavy atom. The lowest BCUT2D eigenvalue weighted by atomic mass is 9.98. The number of amides is 1. The van der Waals surface area contributed by atoms with Crippen molar-refractivity contribution in [1.29, 1.82) is 0 Å². The highest BCUT2D eigenvalue weighted by Crippen LogP contribution is 2.25. The number of hydrogen-bond donors (Lipinski definition) is 1. The first-order valence-electron chi connectivity index (χ1n) is 12.2. The topological polar surface area (TPSA) is 85.6 Å². The number of aromatic nitrogens is 2. The number of nitrogens with zero attached hydrogens (tertiary/aromatic N) is 3. The Labute approximate surface area is 216 Å². The van der Waals surface area contributed by atoms with E-state index in [1.54, 1.807) is 4.57 Å². The van der Waals surface area contributed by atoms with Crippen LogP contribution in [0.15, 0.2) is 88.8 Å². The van der Waals surface area contributed by atoms with Crippen LogP contribution in [0.2, 0.25) is 0 Å². The molecule has 4 rings (SSSR count). The van der Waals surface area contributed by atoms with Crippen LogP contribution in [0.25, 0.3) is 22.3 Å². The molecule has 0 aliphatic carbocycles. The van der Waals surface area contributed by atoms with Crippen molar-refractivity contribution in [3.63, 3.8) is 0 Å². The monoisotopic (exact) mass is 494 g/mol. The summed E-state index contributed by atoms with van der Waals surface area (Å²) in [7, 11) is 1.43. The van der Waals surface area contributed by atoms with Crippen LogP contribution < -0.4 is 10.9 Å². The molecule has 0 aliphatic rings. The van der Waals surface area contributed by atoms with Crippen LogP contribution in [-0.2, 0) is 22.6 Å². The molecule has 0 saturated carbocycles. The Balaban J connectivity index is 1.71. The third-order valence-electron chi connectivity index (χ3n) is 6.13. The second-order valence-corrected chi connectivity index (χ2v) is 8.62. The lowest BCUT2D eigenvalue weighted by Gasteiger charge is -2.16. The molecule has 0 radical (unpaired) electrons. The van der Waals surface area contributed by atoms with Crippen LogP contribution in [0, 0.1) is 6.92 Å². The fourth-order valence-electron chi connectivity index (χ4n) is 4.45. The Hall–Kier alpha value is -4.52.